The number of aromatic nitrogens is 1. The van der Waals surface area contributed by atoms with Gasteiger partial charge in [-0.3, -0.25) is 0 Å². The lowest BCUT2D eigenvalue weighted by atomic mass is 9.95. The fourth-order valence-corrected chi connectivity index (χ4v) is 7.15. The summed E-state index contributed by atoms with van der Waals surface area (Å²) in [5.74, 6) is 0. The van der Waals surface area contributed by atoms with E-state index in [-0.39, 0.29) is 0 Å². The van der Waals surface area contributed by atoms with Crippen LogP contribution in [-0.4, -0.2) is 4.40 Å². The highest BCUT2D eigenvalue weighted by Gasteiger charge is 2.20. The van der Waals surface area contributed by atoms with Gasteiger partial charge in [0.2, 0.25) is 0 Å². The molecule has 0 bridgehead atoms. The summed E-state index contributed by atoms with van der Waals surface area (Å²) in [5.41, 5.74) is 14.4. The van der Waals surface area contributed by atoms with Crippen LogP contribution < -0.4 is 4.90 Å². The summed E-state index contributed by atoms with van der Waals surface area (Å²) in [4.78, 5) is 2.30. The minimum atomic E-state index is 1.13. The van der Waals surface area contributed by atoms with Crippen molar-refractivity contribution in [2.45, 2.75) is 0 Å². The lowest BCUT2D eigenvalue weighted by Crippen LogP contribution is -2.09. The van der Waals surface area contributed by atoms with Gasteiger partial charge in [-0.2, -0.15) is 0 Å². The van der Waals surface area contributed by atoms with E-state index in [1.165, 1.54) is 60.7 Å². The van der Waals surface area contributed by atoms with Gasteiger partial charge in [-0.15, -0.1) is 0 Å². The Labute approximate surface area is 280 Å². The predicted octanol–water partition coefficient (Wildman–Crippen LogP) is 12.7. The number of pyridine rings is 1. The molecule has 0 saturated carbocycles. The summed E-state index contributed by atoms with van der Waals surface area (Å²) in [6.07, 6.45) is 0. The number of benzene rings is 7. The first kappa shape index (κ1) is 27.9. The summed E-state index contributed by atoms with van der Waals surface area (Å²) in [6.45, 7) is 0. The highest BCUT2D eigenvalue weighted by atomic mass is 15.1. The van der Waals surface area contributed by atoms with Gasteiger partial charge in [0.15, 0.2) is 0 Å². The van der Waals surface area contributed by atoms with Crippen molar-refractivity contribution in [2.24, 2.45) is 0 Å². The van der Waals surface area contributed by atoms with Crippen LogP contribution in [-0.2, 0) is 0 Å². The van der Waals surface area contributed by atoms with Gasteiger partial charge in [-0.25, -0.2) is 0 Å². The van der Waals surface area contributed by atoms with E-state index in [0.29, 0.717) is 0 Å². The highest BCUT2D eigenvalue weighted by molar-refractivity contribution is 6.13. The maximum Gasteiger partial charge on any atom is 0.0625 e. The van der Waals surface area contributed by atoms with Gasteiger partial charge in [0, 0.05) is 33.6 Å². The molecule has 0 radical (unpaired) electrons. The molecule has 0 atom stereocenters. The zero-order valence-corrected chi connectivity index (χ0v) is 26.4. The number of hydrogen-bond donors (Lipinski definition) is 0. The van der Waals surface area contributed by atoms with Gasteiger partial charge >= 0.3 is 0 Å². The molecule has 7 aromatic carbocycles. The molecule has 48 heavy (non-hydrogen) atoms. The second kappa shape index (κ2) is 11.8. The Morgan fingerprint density at radius 3 is 1.48 bits per heavy atom. The van der Waals surface area contributed by atoms with Crippen LogP contribution in [0.5, 0.6) is 0 Å². The third-order valence-electron chi connectivity index (χ3n) is 9.35. The Morgan fingerprint density at radius 1 is 0.354 bits per heavy atom. The molecular formula is C46H32N2. The summed E-state index contributed by atoms with van der Waals surface area (Å²) in [7, 11) is 0. The molecule has 2 aromatic heterocycles. The first-order chi connectivity index (χ1) is 23.8. The first-order valence-corrected chi connectivity index (χ1v) is 16.4. The van der Waals surface area contributed by atoms with Crippen molar-refractivity contribution >= 4 is 44.4 Å². The van der Waals surface area contributed by atoms with E-state index in [4.69, 9.17) is 0 Å². The number of para-hydroxylation sites is 4. The predicted molar refractivity (Wildman–Crippen MR) is 203 cm³/mol. The molecule has 9 rings (SSSR count). The van der Waals surface area contributed by atoms with E-state index in [9.17, 15) is 0 Å². The maximum absolute atomic E-state index is 2.46. The summed E-state index contributed by atoms with van der Waals surface area (Å²) < 4.78 is 2.46. The summed E-state index contributed by atoms with van der Waals surface area (Å²) in [5, 5.41) is 2.49. The molecule has 2 heteroatoms. The number of hydrogen-bond acceptors (Lipinski definition) is 1. The SMILES string of the molecule is c1ccc(-c2c3ccccc3n3c2c(-c2ccc(-c4ccc(N(c5ccccc5)c5ccccc5)cc4)cc2)cc2ccccc23)cc1. The molecule has 0 amide bonds. The molecule has 9 aromatic rings. The minimum absolute atomic E-state index is 1.13. The Balaban J connectivity index is 1.16. The minimum Gasteiger partial charge on any atom is -0.311 e. The van der Waals surface area contributed by atoms with E-state index in [0.717, 1.165) is 17.1 Å². The first-order valence-electron chi connectivity index (χ1n) is 16.4. The molecule has 2 heterocycles. The topological polar surface area (TPSA) is 7.65 Å². The van der Waals surface area contributed by atoms with Crippen LogP contribution in [0.3, 0.4) is 0 Å². The van der Waals surface area contributed by atoms with Crippen LogP contribution in [0.15, 0.2) is 194 Å². The molecule has 0 aliphatic heterocycles. The van der Waals surface area contributed by atoms with Crippen LogP contribution in [0.4, 0.5) is 17.1 Å². The van der Waals surface area contributed by atoms with Gasteiger partial charge in [-0.1, -0.05) is 140 Å². The smallest absolute Gasteiger partial charge is 0.0625 e. The lowest BCUT2D eigenvalue weighted by molar-refractivity contribution is 1.28. The van der Waals surface area contributed by atoms with Crippen molar-refractivity contribution < 1.29 is 0 Å². The van der Waals surface area contributed by atoms with Crippen molar-refractivity contribution in [3.63, 3.8) is 0 Å². The van der Waals surface area contributed by atoms with Crippen molar-refractivity contribution in [3.05, 3.63) is 194 Å². The molecular weight excluding hydrogens is 581 g/mol. The van der Waals surface area contributed by atoms with E-state index in [1.807, 2.05) is 0 Å². The highest BCUT2D eigenvalue weighted by Crippen LogP contribution is 2.43. The Morgan fingerprint density at radius 2 is 0.833 bits per heavy atom. The Kier molecular flexibility index (Phi) is 6.84. The second-order valence-electron chi connectivity index (χ2n) is 12.2. The number of nitrogens with zero attached hydrogens (tertiary/aromatic N) is 2. The molecule has 0 N–H and O–H groups in total. The van der Waals surface area contributed by atoms with Gasteiger partial charge in [0.05, 0.1) is 16.6 Å². The maximum atomic E-state index is 2.46. The van der Waals surface area contributed by atoms with Crippen molar-refractivity contribution in [1.29, 1.82) is 0 Å². The number of anilines is 3. The average Bonchev–Trinajstić information content (AvgIpc) is 3.52. The zero-order valence-electron chi connectivity index (χ0n) is 26.4. The fourth-order valence-electron chi connectivity index (χ4n) is 7.15. The Bertz CT molecular complexity index is 2470. The van der Waals surface area contributed by atoms with Gasteiger partial charge in [-0.05, 0) is 82.2 Å². The summed E-state index contributed by atoms with van der Waals surface area (Å²) >= 11 is 0. The summed E-state index contributed by atoms with van der Waals surface area (Å²) in [6, 6.07) is 69.7. The van der Waals surface area contributed by atoms with Crippen LogP contribution in [0, 0.1) is 0 Å². The van der Waals surface area contributed by atoms with Crippen LogP contribution in [0.2, 0.25) is 0 Å². The van der Waals surface area contributed by atoms with Crippen molar-refractivity contribution in [2.75, 3.05) is 4.90 Å². The van der Waals surface area contributed by atoms with E-state index in [1.54, 1.807) is 0 Å². The molecule has 0 saturated heterocycles. The average molecular weight is 613 g/mol. The molecule has 0 aliphatic carbocycles. The second-order valence-corrected chi connectivity index (χ2v) is 12.2. The number of fused-ring (bicyclic) bond motifs is 5. The molecule has 2 nitrogen and oxygen atoms in total. The number of rotatable bonds is 6. The van der Waals surface area contributed by atoms with Crippen LogP contribution in [0.1, 0.15) is 0 Å². The van der Waals surface area contributed by atoms with Gasteiger partial charge in [0.25, 0.3) is 0 Å². The normalized spacial score (nSPS) is 11.3. The van der Waals surface area contributed by atoms with Gasteiger partial charge in [0.1, 0.15) is 0 Å². The molecule has 0 aliphatic rings. The molecule has 226 valence electrons. The Hall–Kier alpha value is -6.38. The van der Waals surface area contributed by atoms with Crippen LogP contribution in [0.25, 0.3) is 60.7 Å². The van der Waals surface area contributed by atoms with E-state index in [2.05, 4.69) is 203 Å². The lowest BCUT2D eigenvalue weighted by Gasteiger charge is -2.25. The third kappa shape index (κ3) is 4.74. The quantitative estimate of drug-likeness (QED) is 0.181. The molecule has 0 unspecified atom stereocenters. The third-order valence-corrected chi connectivity index (χ3v) is 9.35. The van der Waals surface area contributed by atoms with Gasteiger partial charge < -0.3 is 9.30 Å². The van der Waals surface area contributed by atoms with E-state index >= 15 is 0 Å². The standard InChI is InChI=1S/C46H32N2/c1-4-14-36(15-5-1)45-41-21-11-13-23-44(41)48-43-22-12-10-16-37(43)32-42(46(45)48)35-26-24-33(25-27-35)34-28-30-40(31-29-34)47(38-17-6-2-7-18-38)39-19-8-3-9-20-39/h1-32H. The van der Waals surface area contributed by atoms with E-state index < -0.39 is 0 Å². The fraction of sp³-hybridized carbons (Fsp3) is 0. The monoisotopic (exact) mass is 612 g/mol. The van der Waals surface area contributed by atoms with Crippen molar-refractivity contribution in [1.82, 2.24) is 4.40 Å². The largest absolute Gasteiger partial charge is 0.311 e. The zero-order chi connectivity index (χ0) is 31.9. The molecule has 0 spiro atoms. The van der Waals surface area contributed by atoms with Crippen molar-refractivity contribution in [3.8, 4) is 33.4 Å². The molecule has 0 fully saturated rings. The van der Waals surface area contributed by atoms with Crippen LogP contribution >= 0.6 is 0 Å².